The molecular weight excluding hydrogens is 494 g/mol. The minimum atomic E-state index is -2.21. The van der Waals surface area contributed by atoms with Crippen LogP contribution >= 0.6 is 0 Å². The lowest BCUT2D eigenvalue weighted by Gasteiger charge is -2.40. The number of carbonyl (C=O) groups excluding carboxylic acids is 3. The van der Waals surface area contributed by atoms with Crippen molar-refractivity contribution in [2.45, 2.75) is 37.3 Å². The number of nitrogens with one attached hydrogen (secondary N) is 2. The smallest absolute Gasteiger partial charge is 0.273 e. The Morgan fingerprint density at radius 2 is 1.97 bits per heavy atom. The van der Waals surface area contributed by atoms with E-state index in [-0.39, 0.29) is 37.1 Å². The van der Waals surface area contributed by atoms with E-state index in [1.807, 2.05) is 0 Å². The normalized spacial score (nSPS) is 18.8. The van der Waals surface area contributed by atoms with Gasteiger partial charge in [-0.05, 0) is 29.8 Å². The van der Waals surface area contributed by atoms with Crippen LogP contribution in [0.1, 0.15) is 39.9 Å². The third-order valence-electron chi connectivity index (χ3n) is 7.05. The number of amides is 2. The Hall–Kier alpha value is -3.32. The van der Waals surface area contributed by atoms with Gasteiger partial charge in [-0.15, -0.1) is 0 Å². The Morgan fingerprint density at radius 3 is 2.66 bits per heavy atom. The molecule has 2 aliphatic rings. The number of hydrogen-bond acceptors (Lipinski definition) is 8. The fraction of sp³-hybridized carbons (Fsp3) is 0.423. The van der Waals surface area contributed by atoms with Crippen LogP contribution in [-0.2, 0) is 33.0 Å². The van der Waals surface area contributed by atoms with E-state index >= 15 is 0 Å². The number of anilines is 1. The van der Waals surface area contributed by atoms with Crippen molar-refractivity contribution in [1.82, 2.24) is 15.1 Å². The molecule has 2 aromatic carbocycles. The standard InChI is InChI=1S/C26H30BFN4O6/c1-29-24(35)25(36,8-3-11-33)32-16-20-19(23(32)34)4-2-5-22(20)30-15-17-14-18(6-7-21(17)28)26(27,37)31-9-12-38-13-10-31/h2,4-7,11,14,30,36-37H,3,8-10,12-13,15-16H2,1H3,(H,29,35). The van der Waals surface area contributed by atoms with E-state index in [0.717, 1.165) is 4.90 Å². The molecule has 0 aliphatic carbocycles. The lowest BCUT2D eigenvalue weighted by Crippen LogP contribution is -2.58. The number of nitrogens with zero attached hydrogens (tertiary/aromatic N) is 2. The Balaban J connectivity index is 1.56. The first-order chi connectivity index (χ1) is 18.1. The molecule has 0 spiro atoms. The van der Waals surface area contributed by atoms with E-state index in [2.05, 4.69) is 10.6 Å². The molecule has 1 fully saturated rings. The summed E-state index contributed by atoms with van der Waals surface area (Å²) in [7, 11) is 7.55. The van der Waals surface area contributed by atoms with Gasteiger partial charge >= 0.3 is 0 Å². The number of carbonyl (C=O) groups is 3. The molecule has 2 aliphatic heterocycles. The lowest BCUT2D eigenvalue weighted by atomic mass is 9.81. The van der Waals surface area contributed by atoms with Crippen LogP contribution in [0.25, 0.3) is 0 Å². The number of aliphatic hydroxyl groups is 2. The predicted octanol–water partition coefficient (Wildman–Crippen LogP) is 0.411. The third kappa shape index (κ3) is 5.17. The van der Waals surface area contributed by atoms with Crippen molar-refractivity contribution in [3.8, 4) is 0 Å². The number of morpholine rings is 1. The summed E-state index contributed by atoms with van der Waals surface area (Å²) in [4.78, 5) is 39.3. The molecule has 38 heavy (non-hydrogen) atoms. The van der Waals surface area contributed by atoms with E-state index in [4.69, 9.17) is 12.6 Å². The molecule has 2 radical (unpaired) electrons. The van der Waals surface area contributed by atoms with Gasteiger partial charge < -0.3 is 30.4 Å². The number of fused-ring (bicyclic) bond motifs is 1. The Labute approximate surface area is 221 Å². The van der Waals surface area contributed by atoms with Crippen LogP contribution in [0.5, 0.6) is 0 Å². The monoisotopic (exact) mass is 524 g/mol. The summed E-state index contributed by atoms with van der Waals surface area (Å²) in [5.41, 5.74) is -2.15. The molecule has 200 valence electrons. The Bertz CT molecular complexity index is 1220. The molecule has 10 nitrogen and oxygen atoms in total. The average molecular weight is 524 g/mol. The fourth-order valence-electron chi connectivity index (χ4n) is 4.85. The summed E-state index contributed by atoms with van der Waals surface area (Å²) in [6.07, 6.45) is 0.184. The number of benzene rings is 2. The molecule has 0 bridgehead atoms. The lowest BCUT2D eigenvalue weighted by molar-refractivity contribution is -0.159. The topological polar surface area (TPSA) is 131 Å². The maximum absolute atomic E-state index is 14.7. The highest BCUT2D eigenvalue weighted by molar-refractivity contribution is 6.14. The maximum Gasteiger partial charge on any atom is 0.273 e. The number of rotatable bonds is 10. The molecular formula is C26H30BFN4O6. The van der Waals surface area contributed by atoms with Crippen molar-refractivity contribution in [2.24, 2.45) is 0 Å². The van der Waals surface area contributed by atoms with Crippen molar-refractivity contribution >= 4 is 31.6 Å². The highest BCUT2D eigenvalue weighted by Gasteiger charge is 2.48. The van der Waals surface area contributed by atoms with Crippen LogP contribution in [0.15, 0.2) is 36.4 Å². The van der Waals surface area contributed by atoms with Gasteiger partial charge in [0, 0.05) is 61.9 Å². The molecule has 2 atom stereocenters. The largest absolute Gasteiger partial charge is 0.381 e. The molecule has 2 aromatic rings. The first kappa shape index (κ1) is 27.7. The van der Waals surface area contributed by atoms with Crippen LogP contribution < -0.4 is 10.6 Å². The summed E-state index contributed by atoms with van der Waals surface area (Å²) in [5, 5.41) is 27.6. The minimum Gasteiger partial charge on any atom is -0.381 e. The molecule has 2 unspecified atom stereocenters. The molecule has 0 saturated carbocycles. The van der Waals surface area contributed by atoms with Gasteiger partial charge in [0.1, 0.15) is 19.9 Å². The van der Waals surface area contributed by atoms with Crippen molar-refractivity contribution in [2.75, 3.05) is 38.7 Å². The minimum absolute atomic E-state index is 0.00830. The molecule has 4 rings (SSSR count). The molecule has 2 heterocycles. The van der Waals surface area contributed by atoms with E-state index < -0.39 is 29.0 Å². The maximum atomic E-state index is 14.7. The zero-order valence-corrected chi connectivity index (χ0v) is 21.1. The molecule has 0 aromatic heterocycles. The number of likely N-dealkylation sites (N-methyl/N-ethyl adjacent to an activating group) is 1. The van der Waals surface area contributed by atoms with Crippen LogP contribution in [-0.4, -0.2) is 85.0 Å². The predicted molar refractivity (Wildman–Crippen MR) is 136 cm³/mol. The Morgan fingerprint density at radius 1 is 1.24 bits per heavy atom. The van der Waals surface area contributed by atoms with E-state index in [1.165, 1.54) is 25.2 Å². The second-order valence-corrected chi connectivity index (χ2v) is 9.31. The molecule has 2 amide bonds. The zero-order chi connectivity index (χ0) is 27.5. The summed E-state index contributed by atoms with van der Waals surface area (Å²) >= 11 is 0. The van der Waals surface area contributed by atoms with E-state index in [9.17, 15) is 29.0 Å². The molecule has 4 N–H and O–H groups in total. The summed E-state index contributed by atoms with van der Waals surface area (Å²) in [5.74, 6) is -1.87. The second-order valence-electron chi connectivity index (χ2n) is 9.31. The first-order valence-corrected chi connectivity index (χ1v) is 12.3. The van der Waals surface area contributed by atoms with Crippen LogP contribution in [0.2, 0.25) is 0 Å². The number of halogens is 1. The van der Waals surface area contributed by atoms with Gasteiger partial charge in [0.15, 0.2) is 0 Å². The number of ether oxygens (including phenoxy) is 1. The summed E-state index contributed by atoms with van der Waals surface area (Å²) in [6.45, 7) is 1.61. The fourth-order valence-corrected chi connectivity index (χ4v) is 4.85. The quantitative estimate of drug-likeness (QED) is 0.260. The van der Waals surface area contributed by atoms with Gasteiger partial charge in [-0.2, -0.15) is 0 Å². The Kier molecular flexibility index (Phi) is 8.17. The molecule has 1 saturated heterocycles. The first-order valence-electron chi connectivity index (χ1n) is 12.3. The van der Waals surface area contributed by atoms with Gasteiger partial charge in [-0.3, -0.25) is 19.4 Å². The van der Waals surface area contributed by atoms with Crippen molar-refractivity contribution in [3.63, 3.8) is 0 Å². The highest BCUT2D eigenvalue weighted by Crippen LogP contribution is 2.35. The van der Waals surface area contributed by atoms with Crippen molar-refractivity contribution in [1.29, 1.82) is 0 Å². The average Bonchev–Trinajstić information content (AvgIpc) is 3.28. The number of hydrogen-bond donors (Lipinski definition) is 4. The van der Waals surface area contributed by atoms with Gasteiger partial charge in [0.2, 0.25) is 5.72 Å². The molecule has 12 heteroatoms. The van der Waals surface area contributed by atoms with Crippen LogP contribution in [0.4, 0.5) is 10.1 Å². The van der Waals surface area contributed by atoms with E-state index in [0.29, 0.717) is 49.4 Å². The van der Waals surface area contributed by atoms with Crippen LogP contribution in [0.3, 0.4) is 0 Å². The summed E-state index contributed by atoms with van der Waals surface area (Å²) < 4.78 is 20.1. The third-order valence-corrected chi connectivity index (χ3v) is 7.05. The van der Waals surface area contributed by atoms with Gasteiger partial charge in [-0.25, -0.2) is 4.39 Å². The zero-order valence-electron chi connectivity index (χ0n) is 21.1. The SMILES string of the molecule is [B]C(O)(c1ccc(F)c(CNc2cccc3c2CN(C(O)(CCC=O)C(=O)NC)C3=O)c1)N1CCOCC1. The second kappa shape index (κ2) is 11.2. The van der Waals surface area contributed by atoms with Gasteiger partial charge in [0.25, 0.3) is 11.8 Å². The van der Waals surface area contributed by atoms with Gasteiger partial charge in [-0.1, -0.05) is 12.1 Å². The summed E-state index contributed by atoms with van der Waals surface area (Å²) in [6, 6.07) is 9.07. The van der Waals surface area contributed by atoms with Crippen LogP contribution in [0, 0.1) is 5.82 Å². The van der Waals surface area contributed by atoms with E-state index in [1.54, 1.807) is 23.1 Å². The van der Waals surface area contributed by atoms with Crippen molar-refractivity contribution < 1.29 is 33.7 Å². The van der Waals surface area contributed by atoms with Gasteiger partial charge in [0.05, 0.1) is 25.4 Å². The van der Waals surface area contributed by atoms with Crippen molar-refractivity contribution in [3.05, 3.63) is 64.5 Å². The number of aldehydes is 1. The highest BCUT2D eigenvalue weighted by atomic mass is 19.1.